The van der Waals surface area contributed by atoms with Crippen molar-refractivity contribution in [3.05, 3.63) is 47.1 Å². The van der Waals surface area contributed by atoms with Gasteiger partial charge in [-0.05, 0) is 49.7 Å². The van der Waals surface area contributed by atoms with Gasteiger partial charge in [-0.15, -0.1) is 0 Å². The molecule has 3 rings (SSSR count). The number of halogens is 1. The normalized spacial score (nSPS) is 12.5. The Kier molecular flexibility index (Phi) is 3.58. The second-order valence-electron chi connectivity index (χ2n) is 5.18. The lowest BCUT2D eigenvalue weighted by atomic mass is 10.2. The number of carboxylic acid groups (broad SMARTS) is 1. The summed E-state index contributed by atoms with van der Waals surface area (Å²) in [4.78, 5) is 20.4. The number of benzene rings is 1. The smallest absolute Gasteiger partial charge is 0.326 e. The van der Waals surface area contributed by atoms with Gasteiger partial charge in [-0.25, -0.2) is 14.8 Å². The molecule has 0 bridgehead atoms. The van der Waals surface area contributed by atoms with Gasteiger partial charge in [0.1, 0.15) is 17.4 Å². The van der Waals surface area contributed by atoms with Crippen LogP contribution in [0.3, 0.4) is 0 Å². The standard InChI is InChI=1S/C16H14ClN3O2/c1-9-7-13-15(18-8-9)20(10(2)16(21)22)14(19-13)11-3-5-12(17)6-4-11/h3-8,10H,1-2H3,(H,21,22). The van der Waals surface area contributed by atoms with E-state index in [2.05, 4.69) is 9.97 Å². The third kappa shape index (κ3) is 2.44. The van der Waals surface area contributed by atoms with Crippen molar-refractivity contribution in [2.75, 3.05) is 0 Å². The number of aromatic nitrogens is 3. The molecule has 0 spiro atoms. The second kappa shape index (κ2) is 5.42. The molecule has 0 aliphatic rings. The van der Waals surface area contributed by atoms with E-state index in [9.17, 15) is 9.90 Å². The van der Waals surface area contributed by atoms with Gasteiger partial charge in [0.05, 0.1) is 0 Å². The van der Waals surface area contributed by atoms with E-state index in [0.717, 1.165) is 11.1 Å². The summed E-state index contributed by atoms with van der Waals surface area (Å²) in [6, 6.07) is 8.27. The molecule has 2 aromatic heterocycles. The molecule has 1 unspecified atom stereocenters. The highest BCUT2D eigenvalue weighted by atomic mass is 35.5. The summed E-state index contributed by atoms with van der Waals surface area (Å²) in [6.07, 6.45) is 1.71. The van der Waals surface area contributed by atoms with Crippen molar-refractivity contribution < 1.29 is 9.90 Å². The fraction of sp³-hybridized carbons (Fsp3) is 0.188. The topological polar surface area (TPSA) is 68.0 Å². The lowest BCUT2D eigenvalue weighted by Crippen LogP contribution is -2.17. The number of hydrogen-bond donors (Lipinski definition) is 1. The van der Waals surface area contributed by atoms with Crippen LogP contribution in [0.15, 0.2) is 36.5 Å². The molecule has 0 radical (unpaired) electrons. The average molecular weight is 316 g/mol. The molecule has 1 atom stereocenters. The first kappa shape index (κ1) is 14.5. The predicted octanol–water partition coefficient (Wildman–Crippen LogP) is 3.71. The number of hydrogen-bond acceptors (Lipinski definition) is 3. The molecule has 1 N–H and O–H groups in total. The van der Waals surface area contributed by atoms with Crippen LogP contribution >= 0.6 is 11.6 Å². The van der Waals surface area contributed by atoms with E-state index >= 15 is 0 Å². The minimum Gasteiger partial charge on any atom is -0.480 e. The second-order valence-corrected chi connectivity index (χ2v) is 5.62. The summed E-state index contributed by atoms with van der Waals surface area (Å²) in [6.45, 7) is 3.54. The summed E-state index contributed by atoms with van der Waals surface area (Å²) in [5.74, 6) is -0.364. The third-order valence-corrected chi connectivity index (χ3v) is 3.77. The number of carbonyl (C=O) groups is 1. The van der Waals surface area contributed by atoms with E-state index in [4.69, 9.17) is 11.6 Å². The highest BCUT2D eigenvalue weighted by Gasteiger charge is 2.22. The number of aliphatic carboxylic acids is 1. The lowest BCUT2D eigenvalue weighted by molar-refractivity contribution is -0.140. The Hall–Kier alpha value is -2.40. The van der Waals surface area contributed by atoms with Gasteiger partial charge in [0.15, 0.2) is 5.65 Å². The van der Waals surface area contributed by atoms with Crippen LogP contribution in [-0.2, 0) is 4.79 Å². The van der Waals surface area contributed by atoms with Gasteiger partial charge in [0, 0.05) is 16.8 Å². The highest BCUT2D eigenvalue weighted by Crippen LogP contribution is 2.28. The van der Waals surface area contributed by atoms with E-state index in [-0.39, 0.29) is 0 Å². The Morgan fingerprint density at radius 1 is 1.32 bits per heavy atom. The van der Waals surface area contributed by atoms with E-state index in [1.807, 2.05) is 25.1 Å². The van der Waals surface area contributed by atoms with Gasteiger partial charge >= 0.3 is 5.97 Å². The van der Waals surface area contributed by atoms with Gasteiger partial charge < -0.3 is 5.11 Å². The summed E-state index contributed by atoms with van der Waals surface area (Å²) in [5, 5.41) is 10.0. The van der Waals surface area contributed by atoms with E-state index < -0.39 is 12.0 Å². The monoisotopic (exact) mass is 315 g/mol. The van der Waals surface area contributed by atoms with Crippen molar-refractivity contribution in [1.29, 1.82) is 0 Å². The van der Waals surface area contributed by atoms with E-state index in [1.54, 1.807) is 29.8 Å². The summed E-state index contributed by atoms with van der Waals surface area (Å²) in [7, 11) is 0. The number of fused-ring (bicyclic) bond motifs is 1. The number of carboxylic acids is 1. The Bertz CT molecular complexity index is 856. The van der Waals surface area contributed by atoms with Crippen LogP contribution in [0.2, 0.25) is 5.02 Å². The average Bonchev–Trinajstić information content (AvgIpc) is 2.85. The van der Waals surface area contributed by atoms with Crippen molar-refractivity contribution in [3.63, 3.8) is 0 Å². The molecule has 3 aromatic rings. The van der Waals surface area contributed by atoms with Crippen LogP contribution in [0.4, 0.5) is 0 Å². The van der Waals surface area contributed by atoms with Crippen LogP contribution in [0.5, 0.6) is 0 Å². The first-order chi connectivity index (χ1) is 10.5. The lowest BCUT2D eigenvalue weighted by Gasteiger charge is -2.13. The molecular weight excluding hydrogens is 302 g/mol. The first-order valence-corrected chi connectivity index (χ1v) is 7.18. The molecule has 112 valence electrons. The Morgan fingerprint density at radius 2 is 2.00 bits per heavy atom. The first-order valence-electron chi connectivity index (χ1n) is 6.80. The molecule has 0 fully saturated rings. The molecule has 2 heterocycles. The van der Waals surface area contributed by atoms with Crippen LogP contribution in [-0.4, -0.2) is 25.6 Å². The molecule has 6 heteroatoms. The Labute approximate surface area is 132 Å². The summed E-state index contributed by atoms with van der Waals surface area (Å²) in [5.41, 5.74) is 3.01. The minimum atomic E-state index is -0.933. The van der Waals surface area contributed by atoms with Crippen LogP contribution in [0.25, 0.3) is 22.6 Å². The van der Waals surface area contributed by atoms with Gasteiger partial charge in [0.2, 0.25) is 0 Å². The maximum Gasteiger partial charge on any atom is 0.326 e. The fourth-order valence-corrected chi connectivity index (χ4v) is 2.49. The fourth-order valence-electron chi connectivity index (χ4n) is 2.36. The molecule has 0 aliphatic heterocycles. The van der Waals surface area contributed by atoms with Gasteiger partial charge in [-0.1, -0.05) is 11.6 Å². The van der Waals surface area contributed by atoms with Crippen molar-refractivity contribution in [2.24, 2.45) is 0 Å². The molecule has 1 aromatic carbocycles. The van der Waals surface area contributed by atoms with Crippen molar-refractivity contribution in [2.45, 2.75) is 19.9 Å². The molecule has 0 saturated carbocycles. The summed E-state index contributed by atoms with van der Waals surface area (Å²) < 4.78 is 1.64. The molecule has 5 nitrogen and oxygen atoms in total. The minimum absolute atomic E-state index is 0.561. The van der Waals surface area contributed by atoms with Crippen molar-refractivity contribution >= 4 is 28.7 Å². The van der Waals surface area contributed by atoms with Gasteiger partial charge in [0.25, 0.3) is 0 Å². The van der Waals surface area contributed by atoms with Crippen LogP contribution < -0.4 is 0 Å². The predicted molar refractivity (Wildman–Crippen MR) is 85.1 cm³/mol. The Morgan fingerprint density at radius 3 is 2.64 bits per heavy atom. The van der Waals surface area contributed by atoms with Gasteiger partial charge in [-0.2, -0.15) is 0 Å². The molecule has 0 aliphatic carbocycles. The van der Waals surface area contributed by atoms with Crippen molar-refractivity contribution in [3.8, 4) is 11.4 Å². The SMILES string of the molecule is Cc1cnc2c(c1)nc(-c1ccc(Cl)cc1)n2C(C)C(=O)O. The number of pyridine rings is 1. The molecular formula is C16H14ClN3O2. The highest BCUT2D eigenvalue weighted by molar-refractivity contribution is 6.30. The zero-order valence-electron chi connectivity index (χ0n) is 12.1. The quantitative estimate of drug-likeness (QED) is 0.800. The molecule has 22 heavy (non-hydrogen) atoms. The van der Waals surface area contributed by atoms with Crippen LogP contribution in [0, 0.1) is 6.92 Å². The molecule has 0 saturated heterocycles. The largest absolute Gasteiger partial charge is 0.480 e. The maximum absolute atomic E-state index is 11.4. The number of nitrogens with zero attached hydrogens (tertiary/aromatic N) is 3. The number of rotatable bonds is 3. The number of imidazole rings is 1. The van der Waals surface area contributed by atoms with E-state index in [1.165, 1.54) is 0 Å². The number of aryl methyl sites for hydroxylation is 1. The van der Waals surface area contributed by atoms with E-state index in [0.29, 0.717) is 22.0 Å². The Balaban J connectivity index is 2.30. The van der Waals surface area contributed by atoms with Gasteiger partial charge in [-0.3, -0.25) is 4.57 Å². The molecule has 0 amide bonds. The zero-order chi connectivity index (χ0) is 15.9. The summed E-state index contributed by atoms with van der Waals surface area (Å²) >= 11 is 5.92. The zero-order valence-corrected chi connectivity index (χ0v) is 12.9. The third-order valence-electron chi connectivity index (χ3n) is 3.51. The van der Waals surface area contributed by atoms with Crippen LogP contribution in [0.1, 0.15) is 18.5 Å². The van der Waals surface area contributed by atoms with Crippen molar-refractivity contribution in [1.82, 2.24) is 14.5 Å². The maximum atomic E-state index is 11.4.